The lowest BCUT2D eigenvalue weighted by atomic mass is 10.2. The van der Waals surface area contributed by atoms with Gasteiger partial charge in [0.2, 0.25) is 0 Å². The molecular weight excluding hydrogens is 354 g/mol. The summed E-state index contributed by atoms with van der Waals surface area (Å²) in [6.07, 6.45) is 3.41. The van der Waals surface area contributed by atoms with E-state index in [9.17, 15) is 4.79 Å². The normalized spacial score (nSPS) is 10.4. The predicted octanol–water partition coefficient (Wildman–Crippen LogP) is 5.58. The maximum Gasteiger partial charge on any atom is 0.255 e. The number of rotatable bonds is 7. The first-order valence-corrected chi connectivity index (χ1v) is 8.70. The minimum atomic E-state index is -0.132. The van der Waals surface area contributed by atoms with Gasteiger partial charge in [0.25, 0.3) is 5.91 Å². The van der Waals surface area contributed by atoms with E-state index in [4.69, 9.17) is 4.74 Å². The molecule has 23 heavy (non-hydrogen) atoms. The second-order valence-electron chi connectivity index (χ2n) is 5.52. The Labute approximate surface area is 146 Å². The van der Waals surface area contributed by atoms with Gasteiger partial charge in [0.05, 0.1) is 12.3 Å². The summed E-state index contributed by atoms with van der Waals surface area (Å²) in [5.74, 6) is 0.668. The SMILES string of the molecule is CCCCCOc1ccc(C(=O)Nc2ccc(C)cc2Br)cc1. The first-order chi connectivity index (χ1) is 11.1. The van der Waals surface area contributed by atoms with Crippen LogP contribution in [0.25, 0.3) is 0 Å². The van der Waals surface area contributed by atoms with Crippen molar-refractivity contribution in [3.05, 3.63) is 58.1 Å². The Morgan fingerprint density at radius 3 is 2.52 bits per heavy atom. The van der Waals surface area contributed by atoms with Crippen molar-refractivity contribution in [1.29, 1.82) is 0 Å². The van der Waals surface area contributed by atoms with E-state index in [1.807, 2.05) is 37.3 Å². The standard InChI is InChI=1S/C19H22BrNO2/c1-3-4-5-12-23-16-9-7-15(8-10-16)19(22)21-18-11-6-14(2)13-17(18)20/h6-11,13H,3-5,12H2,1-2H3,(H,21,22). The molecule has 0 saturated heterocycles. The molecule has 4 heteroatoms. The van der Waals surface area contributed by atoms with Crippen molar-refractivity contribution in [2.24, 2.45) is 0 Å². The third-order valence-corrected chi connectivity index (χ3v) is 4.16. The minimum Gasteiger partial charge on any atom is -0.494 e. The summed E-state index contributed by atoms with van der Waals surface area (Å²) in [6, 6.07) is 13.1. The van der Waals surface area contributed by atoms with E-state index in [0.29, 0.717) is 5.56 Å². The Hall–Kier alpha value is -1.81. The molecule has 0 fully saturated rings. The molecule has 0 spiro atoms. The number of anilines is 1. The highest BCUT2D eigenvalue weighted by Crippen LogP contribution is 2.24. The highest BCUT2D eigenvalue weighted by atomic mass is 79.9. The fraction of sp³-hybridized carbons (Fsp3) is 0.316. The van der Waals surface area contributed by atoms with Gasteiger partial charge in [-0.25, -0.2) is 0 Å². The maximum absolute atomic E-state index is 12.3. The Bertz CT molecular complexity index is 653. The van der Waals surface area contributed by atoms with Gasteiger partial charge in [-0.05, 0) is 71.2 Å². The minimum absolute atomic E-state index is 0.132. The van der Waals surface area contributed by atoms with E-state index in [1.54, 1.807) is 12.1 Å². The van der Waals surface area contributed by atoms with Gasteiger partial charge >= 0.3 is 0 Å². The second-order valence-corrected chi connectivity index (χ2v) is 6.37. The van der Waals surface area contributed by atoms with Crippen molar-refractivity contribution in [3.63, 3.8) is 0 Å². The van der Waals surface area contributed by atoms with Crippen LogP contribution in [0.15, 0.2) is 46.9 Å². The quantitative estimate of drug-likeness (QED) is 0.641. The Morgan fingerprint density at radius 1 is 1.13 bits per heavy atom. The van der Waals surface area contributed by atoms with Gasteiger partial charge in [-0.1, -0.05) is 25.8 Å². The number of amides is 1. The average Bonchev–Trinajstić information content (AvgIpc) is 2.55. The van der Waals surface area contributed by atoms with Crippen LogP contribution in [-0.2, 0) is 0 Å². The molecule has 122 valence electrons. The molecule has 1 amide bonds. The Balaban J connectivity index is 1.94. The molecule has 0 saturated carbocycles. The van der Waals surface area contributed by atoms with E-state index in [-0.39, 0.29) is 5.91 Å². The summed E-state index contributed by atoms with van der Waals surface area (Å²) in [6.45, 7) is 4.89. The molecule has 0 heterocycles. The van der Waals surface area contributed by atoms with Crippen molar-refractivity contribution in [1.82, 2.24) is 0 Å². The van der Waals surface area contributed by atoms with Crippen LogP contribution in [0.3, 0.4) is 0 Å². The summed E-state index contributed by atoms with van der Waals surface area (Å²) < 4.78 is 6.53. The first-order valence-electron chi connectivity index (χ1n) is 7.90. The lowest BCUT2D eigenvalue weighted by Gasteiger charge is -2.09. The predicted molar refractivity (Wildman–Crippen MR) is 98.3 cm³/mol. The van der Waals surface area contributed by atoms with E-state index in [0.717, 1.165) is 34.5 Å². The van der Waals surface area contributed by atoms with Gasteiger partial charge in [0.15, 0.2) is 0 Å². The molecule has 0 atom stereocenters. The summed E-state index contributed by atoms with van der Waals surface area (Å²) in [5.41, 5.74) is 2.51. The number of hydrogen-bond acceptors (Lipinski definition) is 2. The third kappa shape index (κ3) is 5.39. The zero-order valence-corrected chi connectivity index (χ0v) is 15.2. The molecule has 0 aliphatic carbocycles. The monoisotopic (exact) mass is 375 g/mol. The van der Waals surface area contributed by atoms with Crippen LogP contribution in [0.5, 0.6) is 5.75 Å². The fourth-order valence-electron chi connectivity index (χ4n) is 2.16. The fourth-order valence-corrected chi connectivity index (χ4v) is 2.75. The third-order valence-electron chi connectivity index (χ3n) is 3.51. The molecule has 2 aromatic carbocycles. The highest BCUT2D eigenvalue weighted by molar-refractivity contribution is 9.10. The number of ether oxygens (including phenoxy) is 1. The van der Waals surface area contributed by atoms with Gasteiger partial charge in [0.1, 0.15) is 5.75 Å². The van der Waals surface area contributed by atoms with Crippen LogP contribution in [0.4, 0.5) is 5.69 Å². The van der Waals surface area contributed by atoms with Crippen molar-refractivity contribution in [2.45, 2.75) is 33.1 Å². The summed E-state index contributed by atoms with van der Waals surface area (Å²) >= 11 is 3.47. The summed E-state index contributed by atoms with van der Waals surface area (Å²) in [4.78, 5) is 12.3. The molecule has 0 aliphatic heterocycles. The molecule has 0 radical (unpaired) electrons. The van der Waals surface area contributed by atoms with Crippen molar-refractivity contribution in [2.75, 3.05) is 11.9 Å². The number of carbonyl (C=O) groups is 1. The lowest BCUT2D eigenvalue weighted by Crippen LogP contribution is -2.12. The van der Waals surface area contributed by atoms with E-state index < -0.39 is 0 Å². The van der Waals surface area contributed by atoms with Gasteiger partial charge in [-0.3, -0.25) is 4.79 Å². The molecule has 2 aromatic rings. The highest BCUT2D eigenvalue weighted by Gasteiger charge is 2.08. The smallest absolute Gasteiger partial charge is 0.255 e. The zero-order valence-electron chi connectivity index (χ0n) is 13.6. The van der Waals surface area contributed by atoms with Crippen LogP contribution in [0, 0.1) is 6.92 Å². The number of halogens is 1. The van der Waals surface area contributed by atoms with Gasteiger partial charge in [-0.15, -0.1) is 0 Å². The Morgan fingerprint density at radius 2 is 1.87 bits per heavy atom. The van der Waals surface area contributed by atoms with Crippen LogP contribution in [0.1, 0.15) is 42.1 Å². The van der Waals surface area contributed by atoms with Crippen molar-refractivity contribution < 1.29 is 9.53 Å². The number of unbranched alkanes of at least 4 members (excludes halogenated alkanes) is 2. The number of aryl methyl sites for hydroxylation is 1. The molecule has 0 unspecified atom stereocenters. The molecule has 2 rings (SSSR count). The average molecular weight is 376 g/mol. The van der Waals surface area contributed by atoms with Crippen LogP contribution < -0.4 is 10.1 Å². The van der Waals surface area contributed by atoms with Crippen LogP contribution >= 0.6 is 15.9 Å². The molecule has 0 aliphatic rings. The second kappa shape index (κ2) is 8.73. The number of hydrogen-bond donors (Lipinski definition) is 1. The molecule has 0 bridgehead atoms. The van der Waals surface area contributed by atoms with Gasteiger partial charge in [0, 0.05) is 10.0 Å². The van der Waals surface area contributed by atoms with E-state index >= 15 is 0 Å². The Kier molecular flexibility index (Phi) is 6.66. The van der Waals surface area contributed by atoms with Crippen molar-refractivity contribution in [3.8, 4) is 5.75 Å². The zero-order chi connectivity index (χ0) is 16.7. The largest absolute Gasteiger partial charge is 0.494 e. The van der Waals surface area contributed by atoms with E-state index in [2.05, 4.69) is 28.2 Å². The molecule has 1 N–H and O–H groups in total. The first kappa shape index (κ1) is 17.5. The summed E-state index contributed by atoms with van der Waals surface area (Å²) in [5, 5.41) is 2.91. The molecular formula is C19H22BrNO2. The number of benzene rings is 2. The number of carbonyl (C=O) groups excluding carboxylic acids is 1. The summed E-state index contributed by atoms with van der Waals surface area (Å²) in [7, 11) is 0. The van der Waals surface area contributed by atoms with E-state index in [1.165, 1.54) is 12.8 Å². The van der Waals surface area contributed by atoms with Gasteiger partial charge < -0.3 is 10.1 Å². The molecule has 3 nitrogen and oxygen atoms in total. The maximum atomic E-state index is 12.3. The lowest BCUT2D eigenvalue weighted by molar-refractivity contribution is 0.102. The topological polar surface area (TPSA) is 38.3 Å². The van der Waals surface area contributed by atoms with Gasteiger partial charge in [-0.2, -0.15) is 0 Å². The number of nitrogens with one attached hydrogen (secondary N) is 1. The van der Waals surface area contributed by atoms with Crippen LogP contribution in [-0.4, -0.2) is 12.5 Å². The van der Waals surface area contributed by atoms with Crippen molar-refractivity contribution >= 4 is 27.5 Å². The van der Waals surface area contributed by atoms with Crippen LogP contribution in [0.2, 0.25) is 0 Å². The molecule has 0 aromatic heterocycles.